The van der Waals surface area contributed by atoms with Gasteiger partial charge in [0.25, 0.3) is 0 Å². The molecule has 4 heteroatoms. The Labute approximate surface area is 128 Å². The van der Waals surface area contributed by atoms with Gasteiger partial charge in [-0.25, -0.2) is 4.98 Å². The number of rotatable bonds is 4. The minimum atomic E-state index is 0.262. The lowest BCUT2D eigenvalue weighted by atomic mass is 9.92. The number of hydrogen-bond acceptors (Lipinski definition) is 3. The number of imidazole rings is 1. The van der Waals surface area contributed by atoms with E-state index in [9.17, 15) is 5.11 Å². The van der Waals surface area contributed by atoms with E-state index in [2.05, 4.69) is 28.3 Å². The molecule has 0 saturated carbocycles. The average molecular weight is 291 g/mol. The number of piperidine rings is 1. The summed E-state index contributed by atoms with van der Waals surface area (Å²) in [5, 5.41) is 9.50. The molecule has 2 aliphatic heterocycles. The first-order chi connectivity index (χ1) is 10.2. The molecule has 1 aromatic heterocycles. The zero-order valence-corrected chi connectivity index (χ0v) is 13.5. The van der Waals surface area contributed by atoms with Gasteiger partial charge in [-0.1, -0.05) is 0 Å². The van der Waals surface area contributed by atoms with E-state index < -0.39 is 0 Å². The van der Waals surface area contributed by atoms with E-state index in [0.29, 0.717) is 12.0 Å². The second kappa shape index (κ2) is 6.49. The van der Waals surface area contributed by atoms with Crippen molar-refractivity contribution >= 4 is 0 Å². The second-order valence-corrected chi connectivity index (χ2v) is 7.05. The van der Waals surface area contributed by atoms with Crippen LogP contribution in [0.1, 0.15) is 57.0 Å². The van der Waals surface area contributed by atoms with Crippen molar-refractivity contribution in [2.75, 3.05) is 19.7 Å². The van der Waals surface area contributed by atoms with Gasteiger partial charge in [0.15, 0.2) is 0 Å². The molecule has 2 aliphatic rings. The third kappa shape index (κ3) is 3.16. The molecule has 3 rings (SSSR count). The minimum Gasteiger partial charge on any atom is -0.396 e. The molecule has 1 aromatic rings. The third-order valence-electron chi connectivity index (χ3n) is 5.39. The first-order valence-electron chi connectivity index (χ1n) is 8.58. The normalized spacial score (nSPS) is 24.5. The van der Waals surface area contributed by atoms with Gasteiger partial charge in [-0.3, -0.25) is 0 Å². The summed E-state index contributed by atoms with van der Waals surface area (Å²) < 4.78 is 2.39. The van der Waals surface area contributed by atoms with Gasteiger partial charge in [-0.15, -0.1) is 0 Å². The van der Waals surface area contributed by atoms with Gasteiger partial charge in [-0.2, -0.15) is 0 Å². The summed E-state index contributed by atoms with van der Waals surface area (Å²) in [6.07, 6.45) is 8.00. The van der Waals surface area contributed by atoms with E-state index in [-0.39, 0.29) is 6.61 Å². The highest BCUT2D eigenvalue weighted by Gasteiger charge is 2.26. The van der Waals surface area contributed by atoms with Crippen LogP contribution in [0.25, 0.3) is 0 Å². The maximum absolute atomic E-state index is 9.50. The van der Waals surface area contributed by atoms with Gasteiger partial charge in [0.2, 0.25) is 0 Å². The van der Waals surface area contributed by atoms with Crippen molar-refractivity contribution in [3.63, 3.8) is 0 Å². The monoisotopic (exact) mass is 291 g/mol. The van der Waals surface area contributed by atoms with Crippen LogP contribution >= 0.6 is 0 Å². The Bertz CT molecular complexity index is 461. The average Bonchev–Trinajstić information content (AvgIpc) is 2.91. The molecule has 21 heavy (non-hydrogen) atoms. The smallest absolute Gasteiger partial charge is 0.109 e. The first kappa shape index (κ1) is 15.0. The van der Waals surface area contributed by atoms with Gasteiger partial charge in [0.05, 0.1) is 6.61 Å². The summed E-state index contributed by atoms with van der Waals surface area (Å²) >= 11 is 0. The number of likely N-dealkylation sites (tertiary alicyclic amines) is 1. The van der Waals surface area contributed by atoms with Crippen LogP contribution < -0.4 is 0 Å². The van der Waals surface area contributed by atoms with Crippen LogP contribution in [0.5, 0.6) is 0 Å². The van der Waals surface area contributed by atoms with Crippen molar-refractivity contribution in [3.05, 3.63) is 17.7 Å². The van der Waals surface area contributed by atoms with Crippen molar-refractivity contribution in [2.45, 2.75) is 64.5 Å². The second-order valence-electron chi connectivity index (χ2n) is 7.05. The highest BCUT2D eigenvalue weighted by Crippen LogP contribution is 2.30. The molecule has 0 aromatic carbocycles. The van der Waals surface area contributed by atoms with Crippen molar-refractivity contribution in [1.82, 2.24) is 14.5 Å². The van der Waals surface area contributed by atoms with Gasteiger partial charge in [0.1, 0.15) is 5.82 Å². The highest BCUT2D eigenvalue weighted by molar-refractivity contribution is 5.14. The molecule has 0 aliphatic carbocycles. The molecule has 0 radical (unpaired) electrons. The lowest BCUT2D eigenvalue weighted by Gasteiger charge is -2.34. The molecule has 3 heterocycles. The molecule has 0 amide bonds. The van der Waals surface area contributed by atoms with Crippen molar-refractivity contribution in [2.24, 2.45) is 5.92 Å². The summed E-state index contributed by atoms with van der Waals surface area (Å²) in [4.78, 5) is 7.27. The molecule has 118 valence electrons. The summed E-state index contributed by atoms with van der Waals surface area (Å²) in [6.45, 7) is 8.40. The Morgan fingerprint density at radius 3 is 2.67 bits per heavy atom. The molecule has 0 bridgehead atoms. The third-order valence-corrected chi connectivity index (χ3v) is 5.39. The van der Waals surface area contributed by atoms with E-state index in [1.165, 1.54) is 43.9 Å². The number of hydrogen-bond donors (Lipinski definition) is 1. The number of nitrogens with zero attached hydrogens (tertiary/aromatic N) is 3. The zero-order valence-electron chi connectivity index (χ0n) is 13.5. The quantitative estimate of drug-likeness (QED) is 0.926. The number of aliphatic hydroxyl groups is 1. The molecule has 1 N–H and O–H groups in total. The maximum atomic E-state index is 9.50. The first-order valence-corrected chi connectivity index (χ1v) is 8.58. The Kier molecular flexibility index (Phi) is 4.65. The molecular formula is C17H29N3O. The van der Waals surface area contributed by atoms with Crippen LogP contribution in [0.2, 0.25) is 0 Å². The van der Waals surface area contributed by atoms with E-state index in [1.54, 1.807) is 0 Å². The standard InChI is InChI=1S/C17H29N3O/c1-13(2)19-8-5-14(6-9-19)10-17-18-11-16-15(12-21)4-3-7-20(16)17/h11,13-15,21H,3-10,12H2,1-2H3. The Morgan fingerprint density at radius 1 is 1.24 bits per heavy atom. The van der Waals surface area contributed by atoms with Crippen LogP contribution in [-0.2, 0) is 13.0 Å². The fraction of sp³-hybridized carbons (Fsp3) is 0.824. The zero-order chi connectivity index (χ0) is 14.8. The number of fused-ring (bicyclic) bond motifs is 1. The fourth-order valence-electron chi connectivity index (χ4n) is 3.94. The molecule has 1 saturated heterocycles. The number of aliphatic hydroxyl groups excluding tert-OH is 1. The van der Waals surface area contributed by atoms with Crippen LogP contribution in [-0.4, -0.2) is 45.3 Å². The summed E-state index contributed by atoms with van der Waals surface area (Å²) in [7, 11) is 0. The van der Waals surface area contributed by atoms with E-state index >= 15 is 0 Å². The summed E-state index contributed by atoms with van der Waals surface area (Å²) in [6, 6.07) is 0.676. The van der Waals surface area contributed by atoms with Gasteiger partial charge < -0.3 is 14.6 Å². The minimum absolute atomic E-state index is 0.262. The van der Waals surface area contributed by atoms with Crippen molar-refractivity contribution in [3.8, 4) is 0 Å². The molecule has 1 unspecified atom stereocenters. The van der Waals surface area contributed by atoms with Gasteiger partial charge in [-0.05, 0) is 58.5 Å². The maximum Gasteiger partial charge on any atom is 0.109 e. The molecule has 4 nitrogen and oxygen atoms in total. The van der Waals surface area contributed by atoms with E-state index in [4.69, 9.17) is 0 Å². The Hall–Kier alpha value is -0.870. The van der Waals surface area contributed by atoms with E-state index in [0.717, 1.165) is 25.3 Å². The number of aromatic nitrogens is 2. The predicted molar refractivity (Wildman–Crippen MR) is 84.4 cm³/mol. The van der Waals surface area contributed by atoms with Crippen molar-refractivity contribution < 1.29 is 5.11 Å². The van der Waals surface area contributed by atoms with Crippen molar-refractivity contribution in [1.29, 1.82) is 0 Å². The van der Waals surface area contributed by atoms with Crippen LogP contribution in [0.15, 0.2) is 6.20 Å². The van der Waals surface area contributed by atoms with Gasteiger partial charge >= 0.3 is 0 Å². The lowest BCUT2D eigenvalue weighted by Crippen LogP contribution is -2.39. The van der Waals surface area contributed by atoms with E-state index in [1.807, 2.05) is 6.20 Å². The van der Waals surface area contributed by atoms with Gasteiger partial charge in [0, 0.05) is 36.8 Å². The summed E-state index contributed by atoms with van der Waals surface area (Å²) in [5.41, 5.74) is 1.26. The predicted octanol–water partition coefficient (Wildman–Crippen LogP) is 2.42. The molecule has 0 spiro atoms. The Balaban J connectivity index is 1.63. The summed E-state index contributed by atoms with van der Waals surface area (Å²) in [5.74, 6) is 2.34. The van der Waals surface area contributed by atoms with Crippen LogP contribution in [0, 0.1) is 5.92 Å². The SMILES string of the molecule is CC(C)N1CCC(Cc2ncc3n2CCCC3CO)CC1. The largest absolute Gasteiger partial charge is 0.396 e. The highest BCUT2D eigenvalue weighted by atomic mass is 16.3. The molecule has 1 atom stereocenters. The van der Waals surface area contributed by atoms with Crippen LogP contribution in [0.4, 0.5) is 0 Å². The lowest BCUT2D eigenvalue weighted by molar-refractivity contribution is 0.148. The molecule has 1 fully saturated rings. The Morgan fingerprint density at radius 2 is 2.00 bits per heavy atom. The van der Waals surface area contributed by atoms with Crippen LogP contribution in [0.3, 0.4) is 0 Å². The fourth-order valence-corrected chi connectivity index (χ4v) is 3.94. The molecular weight excluding hydrogens is 262 g/mol. The topological polar surface area (TPSA) is 41.3 Å².